The number of carboxylic acids is 1. The molecule has 1 aromatic carbocycles. The Hall–Kier alpha value is -1.89. The zero-order valence-corrected chi connectivity index (χ0v) is 13.2. The predicted molar refractivity (Wildman–Crippen MR) is 80.4 cm³/mol. The van der Waals surface area contributed by atoms with Crippen LogP contribution in [-0.4, -0.2) is 49.1 Å². The van der Waals surface area contributed by atoms with Crippen molar-refractivity contribution >= 4 is 21.7 Å². The third kappa shape index (κ3) is 3.47. The number of amides is 1. The molecule has 0 bridgehead atoms. The highest BCUT2D eigenvalue weighted by atomic mass is 32.2. The first-order chi connectivity index (χ1) is 10.3. The highest BCUT2D eigenvalue weighted by Gasteiger charge is 2.29. The van der Waals surface area contributed by atoms with Gasteiger partial charge in [-0.05, 0) is 31.0 Å². The second-order valence-corrected chi connectivity index (χ2v) is 7.64. The van der Waals surface area contributed by atoms with Gasteiger partial charge in [-0.25, -0.2) is 8.42 Å². The van der Waals surface area contributed by atoms with Crippen LogP contribution in [0.5, 0.6) is 0 Å². The molecule has 1 aliphatic rings. The first-order valence-electron chi connectivity index (χ1n) is 7.20. The lowest BCUT2D eigenvalue weighted by atomic mass is 9.97. The molecule has 120 valence electrons. The summed E-state index contributed by atoms with van der Waals surface area (Å²) in [6, 6.07) is 5.92. The Kier molecular flexibility index (Phi) is 4.85. The SMILES string of the molecule is CCS(=O)(=O)c1cccc(C(=O)N2CCC[C@H](C(=O)O)C2)c1. The molecular formula is C15H19NO5S. The summed E-state index contributed by atoms with van der Waals surface area (Å²) in [4.78, 5) is 25.1. The molecule has 7 heteroatoms. The summed E-state index contributed by atoms with van der Waals surface area (Å²) >= 11 is 0. The number of sulfone groups is 1. The molecule has 1 N–H and O–H groups in total. The number of piperidine rings is 1. The van der Waals surface area contributed by atoms with Gasteiger partial charge in [-0.3, -0.25) is 9.59 Å². The van der Waals surface area contributed by atoms with E-state index >= 15 is 0 Å². The third-order valence-electron chi connectivity index (χ3n) is 3.88. The van der Waals surface area contributed by atoms with Crippen LogP contribution in [0.4, 0.5) is 0 Å². The largest absolute Gasteiger partial charge is 0.481 e. The number of rotatable bonds is 4. The summed E-state index contributed by atoms with van der Waals surface area (Å²) in [5.41, 5.74) is 0.278. The number of likely N-dealkylation sites (tertiary alicyclic amines) is 1. The smallest absolute Gasteiger partial charge is 0.308 e. The van der Waals surface area contributed by atoms with Crippen molar-refractivity contribution in [2.45, 2.75) is 24.7 Å². The third-order valence-corrected chi connectivity index (χ3v) is 5.61. The zero-order chi connectivity index (χ0) is 16.3. The first-order valence-corrected chi connectivity index (χ1v) is 8.85. The first kappa shape index (κ1) is 16.5. The van der Waals surface area contributed by atoms with Crippen LogP contribution in [0.2, 0.25) is 0 Å². The van der Waals surface area contributed by atoms with E-state index in [1.54, 1.807) is 13.0 Å². The van der Waals surface area contributed by atoms with Gasteiger partial charge in [0.2, 0.25) is 0 Å². The minimum absolute atomic E-state index is 0.0323. The monoisotopic (exact) mass is 325 g/mol. The molecule has 22 heavy (non-hydrogen) atoms. The molecule has 0 aromatic heterocycles. The molecule has 0 spiro atoms. The average molecular weight is 325 g/mol. The molecular weight excluding hydrogens is 306 g/mol. The number of benzene rings is 1. The number of carbonyl (C=O) groups is 2. The molecule has 1 amide bonds. The van der Waals surface area contributed by atoms with E-state index in [0.29, 0.717) is 19.4 Å². The van der Waals surface area contributed by atoms with Gasteiger partial charge in [0.15, 0.2) is 9.84 Å². The highest BCUT2D eigenvalue weighted by molar-refractivity contribution is 7.91. The van der Waals surface area contributed by atoms with E-state index in [2.05, 4.69) is 0 Å². The molecule has 6 nitrogen and oxygen atoms in total. The molecule has 0 aliphatic carbocycles. The topological polar surface area (TPSA) is 91.8 Å². The minimum Gasteiger partial charge on any atom is -0.481 e. The van der Waals surface area contributed by atoms with Crippen molar-refractivity contribution in [2.75, 3.05) is 18.8 Å². The Morgan fingerprint density at radius 1 is 1.36 bits per heavy atom. The summed E-state index contributed by atoms with van der Waals surface area (Å²) in [7, 11) is -3.37. The molecule has 1 aromatic rings. The Bertz CT molecular complexity index is 683. The average Bonchev–Trinajstić information content (AvgIpc) is 2.54. The molecule has 1 atom stereocenters. The van der Waals surface area contributed by atoms with E-state index in [9.17, 15) is 18.0 Å². The van der Waals surface area contributed by atoms with Gasteiger partial charge in [-0.15, -0.1) is 0 Å². The molecule has 2 rings (SSSR count). The van der Waals surface area contributed by atoms with E-state index in [1.165, 1.54) is 23.1 Å². The fourth-order valence-electron chi connectivity index (χ4n) is 2.53. The van der Waals surface area contributed by atoms with Crippen LogP contribution in [0, 0.1) is 5.92 Å². The maximum absolute atomic E-state index is 12.5. The standard InChI is InChI=1S/C15H19NO5S/c1-2-22(20,21)13-7-3-5-11(9-13)14(17)16-8-4-6-12(10-16)15(18)19/h3,5,7,9,12H,2,4,6,8,10H2,1H3,(H,18,19)/t12-/m0/s1. The van der Waals surface area contributed by atoms with Crippen molar-refractivity contribution in [1.82, 2.24) is 4.90 Å². The van der Waals surface area contributed by atoms with Crippen molar-refractivity contribution in [2.24, 2.45) is 5.92 Å². The van der Waals surface area contributed by atoms with Crippen LogP contribution in [0.3, 0.4) is 0 Å². The lowest BCUT2D eigenvalue weighted by molar-refractivity contribution is -0.143. The van der Waals surface area contributed by atoms with Crippen molar-refractivity contribution in [1.29, 1.82) is 0 Å². The predicted octanol–water partition coefficient (Wildman–Crippen LogP) is 1.42. The van der Waals surface area contributed by atoms with Crippen LogP contribution in [0.15, 0.2) is 29.2 Å². The minimum atomic E-state index is -3.37. The summed E-state index contributed by atoms with van der Waals surface area (Å²) in [6.45, 7) is 2.21. The Morgan fingerprint density at radius 3 is 2.73 bits per heavy atom. The summed E-state index contributed by atoms with van der Waals surface area (Å²) in [5.74, 6) is -1.81. The van der Waals surface area contributed by atoms with Gasteiger partial charge < -0.3 is 10.0 Å². The van der Waals surface area contributed by atoms with Gasteiger partial charge in [-0.2, -0.15) is 0 Å². The molecule has 1 saturated heterocycles. The maximum Gasteiger partial charge on any atom is 0.308 e. The van der Waals surface area contributed by atoms with Gasteiger partial charge in [0.05, 0.1) is 16.6 Å². The highest BCUT2D eigenvalue weighted by Crippen LogP contribution is 2.20. The number of hydrogen-bond acceptors (Lipinski definition) is 4. The summed E-state index contributed by atoms with van der Waals surface area (Å²) < 4.78 is 23.8. The fourth-order valence-corrected chi connectivity index (χ4v) is 3.46. The van der Waals surface area contributed by atoms with Gasteiger partial charge >= 0.3 is 5.97 Å². The number of carboxylic acid groups (broad SMARTS) is 1. The Balaban J connectivity index is 2.23. The van der Waals surface area contributed by atoms with E-state index in [0.717, 1.165) is 0 Å². The van der Waals surface area contributed by atoms with Crippen LogP contribution < -0.4 is 0 Å². The molecule has 1 fully saturated rings. The molecule has 0 radical (unpaired) electrons. The number of hydrogen-bond donors (Lipinski definition) is 1. The van der Waals surface area contributed by atoms with E-state index < -0.39 is 21.7 Å². The summed E-state index contributed by atoms with van der Waals surface area (Å²) in [6.07, 6.45) is 1.19. The van der Waals surface area contributed by atoms with Crippen LogP contribution in [0.1, 0.15) is 30.1 Å². The second kappa shape index (κ2) is 6.48. The van der Waals surface area contributed by atoms with E-state index in [1.807, 2.05) is 0 Å². The second-order valence-electron chi connectivity index (χ2n) is 5.36. The number of aliphatic carboxylic acids is 1. The lowest BCUT2D eigenvalue weighted by Crippen LogP contribution is -2.42. The van der Waals surface area contributed by atoms with Crippen LogP contribution in [0.25, 0.3) is 0 Å². The van der Waals surface area contributed by atoms with Crippen molar-refractivity contribution < 1.29 is 23.1 Å². The molecule has 0 saturated carbocycles. The number of carbonyl (C=O) groups excluding carboxylic acids is 1. The number of nitrogens with zero attached hydrogens (tertiary/aromatic N) is 1. The zero-order valence-electron chi connectivity index (χ0n) is 12.4. The fraction of sp³-hybridized carbons (Fsp3) is 0.467. The van der Waals surface area contributed by atoms with Crippen LogP contribution in [-0.2, 0) is 14.6 Å². The Morgan fingerprint density at radius 2 is 2.09 bits per heavy atom. The molecule has 0 unspecified atom stereocenters. The van der Waals surface area contributed by atoms with Crippen LogP contribution >= 0.6 is 0 Å². The summed E-state index contributed by atoms with van der Waals surface area (Å²) in [5, 5.41) is 9.07. The van der Waals surface area contributed by atoms with Crippen molar-refractivity contribution in [3.63, 3.8) is 0 Å². The molecule has 1 heterocycles. The van der Waals surface area contributed by atoms with Gasteiger partial charge in [0, 0.05) is 18.7 Å². The van der Waals surface area contributed by atoms with E-state index in [-0.39, 0.29) is 28.7 Å². The van der Waals surface area contributed by atoms with E-state index in [4.69, 9.17) is 5.11 Å². The van der Waals surface area contributed by atoms with Gasteiger partial charge in [0.25, 0.3) is 5.91 Å². The molecule has 1 aliphatic heterocycles. The Labute approximate surface area is 129 Å². The lowest BCUT2D eigenvalue weighted by Gasteiger charge is -2.30. The van der Waals surface area contributed by atoms with Crippen molar-refractivity contribution in [3.8, 4) is 0 Å². The quantitative estimate of drug-likeness (QED) is 0.904. The maximum atomic E-state index is 12.5. The normalized spacial score (nSPS) is 19.0. The van der Waals surface area contributed by atoms with Gasteiger partial charge in [-0.1, -0.05) is 13.0 Å². The van der Waals surface area contributed by atoms with Gasteiger partial charge in [0.1, 0.15) is 0 Å². The van der Waals surface area contributed by atoms with Crippen molar-refractivity contribution in [3.05, 3.63) is 29.8 Å².